The maximum absolute atomic E-state index is 10.1. The Morgan fingerprint density at radius 3 is 3.00 bits per heavy atom. The minimum Gasteiger partial charge on any atom is -0.392 e. The lowest BCUT2D eigenvalue weighted by Crippen LogP contribution is -2.39. The van der Waals surface area contributed by atoms with Crippen LogP contribution in [-0.2, 0) is 0 Å². The molecule has 2 aromatic rings. The number of allylic oxidation sites excluding steroid dienone is 1. The molecule has 4 nitrogen and oxygen atoms in total. The monoisotopic (exact) mass is 325 g/mol. The van der Waals surface area contributed by atoms with Crippen molar-refractivity contribution in [1.29, 1.82) is 0 Å². The van der Waals surface area contributed by atoms with E-state index in [9.17, 15) is 5.11 Å². The highest BCUT2D eigenvalue weighted by Crippen LogP contribution is 2.27. The van der Waals surface area contributed by atoms with Gasteiger partial charge >= 0.3 is 0 Å². The Morgan fingerprint density at radius 1 is 1.38 bits per heavy atom. The van der Waals surface area contributed by atoms with Crippen molar-refractivity contribution in [2.24, 2.45) is 0 Å². The number of likely N-dealkylation sites (tertiary alicyclic amines) is 1. The Bertz CT molecular complexity index is 637. The van der Waals surface area contributed by atoms with Crippen LogP contribution in [0.3, 0.4) is 0 Å². The molecule has 1 aromatic carbocycles. The summed E-state index contributed by atoms with van der Waals surface area (Å²) in [5.41, 5.74) is 2.25. The second-order valence-corrected chi connectivity index (χ2v) is 6.67. The molecule has 0 spiro atoms. The highest BCUT2D eigenvalue weighted by atomic mass is 16.3. The van der Waals surface area contributed by atoms with Crippen molar-refractivity contribution >= 4 is 0 Å². The van der Waals surface area contributed by atoms with E-state index in [1.54, 1.807) is 0 Å². The van der Waals surface area contributed by atoms with E-state index in [4.69, 9.17) is 0 Å². The number of nitrogens with zero attached hydrogens (tertiary/aromatic N) is 2. The fraction of sp³-hybridized carbons (Fsp3) is 0.450. The number of aromatic amines is 1. The summed E-state index contributed by atoms with van der Waals surface area (Å²) >= 11 is 0. The predicted octanol–water partition coefficient (Wildman–Crippen LogP) is 3.58. The average Bonchev–Trinajstić information content (AvgIpc) is 3.11. The molecule has 0 amide bonds. The van der Waals surface area contributed by atoms with E-state index < -0.39 is 0 Å². The van der Waals surface area contributed by atoms with Crippen molar-refractivity contribution in [3.05, 3.63) is 55.0 Å². The number of benzene rings is 1. The van der Waals surface area contributed by atoms with E-state index in [0.29, 0.717) is 5.92 Å². The number of aromatic nitrogens is 2. The van der Waals surface area contributed by atoms with Gasteiger partial charge in [0.25, 0.3) is 0 Å². The topological polar surface area (TPSA) is 52.1 Å². The quantitative estimate of drug-likeness (QED) is 0.765. The molecule has 2 unspecified atom stereocenters. The van der Waals surface area contributed by atoms with E-state index in [-0.39, 0.29) is 6.10 Å². The van der Waals surface area contributed by atoms with Gasteiger partial charge < -0.3 is 15.0 Å². The van der Waals surface area contributed by atoms with Crippen molar-refractivity contribution < 1.29 is 5.11 Å². The highest BCUT2D eigenvalue weighted by molar-refractivity contribution is 5.58. The van der Waals surface area contributed by atoms with E-state index in [1.165, 1.54) is 5.56 Å². The molecule has 0 radical (unpaired) electrons. The van der Waals surface area contributed by atoms with E-state index >= 15 is 0 Å². The maximum Gasteiger partial charge on any atom is 0.110 e. The second-order valence-electron chi connectivity index (χ2n) is 6.67. The summed E-state index contributed by atoms with van der Waals surface area (Å²) in [5, 5.41) is 10.1. The summed E-state index contributed by atoms with van der Waals surface area (Å²) in [6, 6.07) is 10.3. The molecular weight excluding hydrogens is 298 g/mol. The summed E-state index contributed by atoms with van der Waals surface area (Å²) in [4.78, 5) is 10.5. The minimum absolute atomic E-state index is 0.266. The molecule has 1 aromatic heterocycles. The number of hydrogen-bond donors (Lipinski definition) is 2. The lowest BCUT2D eigenvalue weighted by molar-refractivity contribution is 0.0893. The number of hydrogen-bond acceptors (Lipinski definition) is 3. The second kappa shape index (κ2) is 8.27. The number of H-pyrrole nitrogens is 1. The van der Waals surface area contributed by atoms with Crippen molar-refractivity contribution in [2.75, 3.05) is 19.6 Å². The summed E-state index contributed by atoms with van der Waals surface area (Å²) in [6.45, 7) is 6.50. The van der Waals surface area contributed by atoms with Crippen molar-refractivity contribution in [3.63, 3.8) is 0 Å². The summed E-state index contributed by atoms with van der Waals surface area (Å²) in [5.74, 6) is 1.49. The number of aliphatic hydroxyl groups is 1. The molecule has 1 aliphatic rings. The van der Waals surface area contributed by atoms with Gasteiger partial charge in [-0.15, -0.1) is 6.58 Å². The molecule has 1 saturated heterocycles. The van der Waals surface area contributed by atoms with Gasteiger partial charge in [-0.1, -0.05) is 36.4 Å². The molecule has 2 atom stereocenters. The van der Waals surface area contributed by atoms with Gasteiger partial charge in [-0.3, -0.25) is 0 Å². The van der Waals surface area contributed by atoms with Crippen LogP contribution < -0.4 is 0 Å². The van der Waals surface area contributed by atoms with Gasteiger partial charge in [0.2, 0.25) is 0 Å². The Morgan fingerprint density at radius 2 is 2.21 bits per heavy atom. The molecule has 24 heavy (non-hydrogen) atoms. The number of piperidine rings is 1. The first-order valence-corrected chi connectivity index (χ1v) is 8.88. The predicted molar refractivity (Wildman–Crippen MR) is 97.9 cm³/mol. The molecule has 128 valence electrons. The first-order valence-electron chi connectivity index (χ1n) is 8.88. The molecule has 0 bridgehead atoms. The zero-order valence-corrected chi connectivity index (χ0v) is 14.2. The minimum atomic E-state index is -0.266. The Balaban J connectivity index is 1.61. The fourth-order valence-corrected chi connectivity index (χ4v) is 3.45. The van der Waals surface area contributed by atoms with Gasteiger partial charge in [-0.2, -0.15) is 0 Å². The lowest BCUT2D eigenvalue weighted by atomic mass is 9.97. The van der Waals surface area contributed by atoms with Crippen LogP contribution in [0.15, 0.2) is 49.2 Å². The summed E-state index contributed by atoms with van der Waals surface area (Å²) in [6.07, 6.45) is 7.51. The normalized spacial score (nSPS) is 20.0. The van der Waals surface area contributed by atoms with Crippen molar-refractivity contribution in [1.82, 2.24) is 14.9 Å². The van der Waals surface area contributed by atoms with Crippen LogP contribution in [0.5, 0.6) is 0 Å². The molecule has 0 saturated carbocycles. The molecule has 1 aliphatic heterocycles. The summed E-state index contributed by atoms with van der Waals surface area (Å²) in [7, 11) is 0. The van der Waals surface area contributed by atoms with Crippen molar-refractivity contribution in [3.8, 4) is 11.3 Å². The van der Waals surface area contributed by atoms with Gasteiger partial charge in [0.15, 0.2) is 0 Å². The molecule has 0 aliphatic carbocycles. The van der Waals surface area contributed by atoms with Gasteiger partial charge in [0, 0.05) is 19.0 Å². The van der Waals surface area contributed by atoms with Crippen molar-refractivity contribution in [2.45, 2.75) is 37.7 Å². The SMILES string of the molecule is C=CCCC(O)CN1CCCC(c2ncc(-c3ccccc3)[nH]2)C1. The Labute approximate surface area is 144 Å². The van der Waals surface area contributed by atoms with Crippen LogP contribution in [0.1, 0.15) is 37.4 Å². The molecule has 1 fully saturated rings. The van der Waals surface area contributed by atoms with Gasteiger partial charge in [0.1, 0.15) is 5.82 Å². The molecule has 2 heterocycles. The number of nitrogens with one attached hydrogen (secondary N) is 1. The smallest absolute Gasteiger partial charge is 0.110 e. The average molecular weight is 325 g/mol. The summed E-state index contributed by atoms with van der Waals surface area (Å²) < 4.78 is 0. The molecule has 3 rings (SSSR count). The zero-order chi connectivity index (χ0) is 16.8. The van der Waals surface area contributed by atoms with Crippen LogP contribution in [-0.4, -0.2) is 45.7 Å². The Hall–Kier alpha value is -1.91. The number of β-amino-alcohol motifs (C(OH)–C–C–N with tert-alkyl or cyclic N) is 1. The fourth-order valence-electron chi connectivity index (χ4n) is 3.45. The first-order chi connectivity index (χ1) is 11.8. The van der Waals surface area contributed by atoms with E-state index in [0.717, 1.165) is 56.8 Å². The van der Waals surface area contributed by atoms with E-state index in [1.807, 2.05) is 30.5 Å². The Kier molecular flexibility index (Phi) is 5.83. The number of imidazole rings is 1. The van der Waals surface area contributed by atoms with Crippen LogP contribution in [0.2, 0.25) is 0 Å². The van der Waals surface area contributed by atoms with Gasteiger partial charge in [0.05, 0.1) is 18.0 Å². The molecule has 4 heteroatoms. The first kappa shape index (κ1) is 16.9. The third-order valence-electron chi connectivity index (χ3n) is 4.75. The van der Waals surface area contributed by atoms with Crippen LogP contribution >= 0.6 is 0 Å². The standard InChI is InChI=1S/C20H27N3O/c1-2-3-11-18(24)15-23-12-7-10-17(14-23)20-21-13-19(22-20)16-8-5-4-6-9-16/h2,4-6,8-9,13,17-18,24H,1,3,7,10-12,14-15H2,(H,21,22). The highest BCUT2D eigenvalue weighted by Gasteiger charge is 2.24. The van der Waals surface area contributed by atoms with Gasteiger partial charge in [-0.05, 0) is 37.8 Å². The number of rotatable bonds is 7. The van der Waals surface area contributed by atoms with E-state index in [2.05, 4.69) is 33.6 Å². The van der Waals surface area contributed by atoms with Crippen LogP contribution in [0, 0.1) is 0 Å². The largest absolute Gasteiger partial charge is 0.392 e. The maximum atomic E-state index is 10.1. The third kappa shape index (κ3) is 4.34. The number of aliphatic hydroxyl groups excluding tert-OH is 1. The van der Waals surface area contributed by atoms with Crippen LogP contribution in [0.25, 0.3) is 11.3 Å². The third-order valence-corrected chi connectivity index (χ3v) is 4.75. The van der Waals surface area contributed by atoms with Gasteiger partial charge in [-0.25, -0.2) is 4.98 Å². The lowest BCUT2D eigenvalue weighted by Gasteiger charge is -2.33. The molecule has 2 N–H and O–H groups in total. The van der Waals surface area contributed by atoms with Crippen LogP contribution in [0.4, 0.5) is 0 Å². The zero-order valence-electron chi connectivity index (χ0n) is 14.2. The molecular formula is C20H27N3O.